The largest absolute Gasteiger partial charge is 0.390 e. The second-order valence-corrected chi connectivity index (χ2v) is 4.77. The highest BCUT2D eigenvalue weighted by molar-refractivity contribution is 5.77. The third-order valence-electron chi connectivity index (χ3n) is 3.59. The lowest BCUT2D eigenvalue weighted by Gasteiger charge is -2.27. The number of carbonyl (C=O) groups is 1. The SMILES string of the molecule is CN(C(=O)CC1C=CCC1)[C@@H]1CNC[C@H]1O. The van der Waals surface area contributed by atoms with Gasteiger partial charge in [-0.25, -0.2) is 0 Å². The average molecular weight is 224 g/mol. The Morgan fingerprint density at radius 3 is 2.94 bits per heavy atom. The second-order valence-electron chi connectivity index (χ2n) is 4.77. The monoisotopic (exact) mass is 224 g/mol. The van der Waals surface area contributed by atoms with Crippen molar-refractivity contribution in [3.63, 3.8) is 0 Å². The normalized spacial score (nSPS) is 33.2. The molecule has 0 aromatic rings. The molecule has 1 aliphatic carbocycles. The van der Waals surface area contributed by atoms with E-state index in [0.29, 0.717) is 25.4 Å². The summed E-state index contributed by atoms with van der Waals surface area (Å²) in [6.07, 6.45) is 6.61. The van der Waals surface area contributed by atoms with Crippen LogP contribution in [0.1, 0.15) is 19.3 Å². The Hall–Kier alpha value is -0.870. The smallest absolute Gasteiger partial charge is 0.223 e. The molecule has 0 spiro atoms. The van der Waals surface area contributed by atoms with E-state index >= 15 is 0 Å². The van der Waals surface area contributed by atoms with Crippen molar-refractivity contribution in [2.24, 2.45) is 5.92 Å². The van der Waals surface area contributed by atoms with Gasteiger partial charge in [-0.15, -0.1) is 0 Å². The molecule has 1 fully saturated rings. The predicted octanol–water partition coefficient (Wildman–Crippen LogP) is 0.134. The Morgan fingerprint density at radius 1 is 1.56 bits per heavy atom. The van der Waals surface area contributed by atoms with Crippen LogP contribution in [0.5, 0.6) is 0 Å². The molecule has 0 radical (unpaired) electrons. The van der Waals surface area contributed by atoms with E-state index in [-0.39, 0.29) is 11.9 Å². The lowest BCUT2D eigenvalue weighted by atomic mass is 10.0. The molecule has 3 atom stereocenters. The summed E-state index contributed by atoms with van der Waals surface area (Å²) < 4.78 is 0. The third-order valence-corrected chi connectivity index (χ3v) is 3.59. The van der Waals surface area contributed by atoms with E-state index in [0.717, 1.165) is 12.8 Å². The summed E-state index contributed by atoms with van der Waals surface area (Å²) in [5.74, 6) is 0.547. The summed E-state index contributed by atoms with van der Waals surface area (Å²) >= 11 is 0. The quantitative estimate of drug-likeness (QED) is 0.670. The molecule has 0 aromatic carbocycles. The second kappa shape index (κ2) is 4.97. The minimum Gasteiger partial charge on any atom is -0.390 e. The highest BCUT2D eigenvalue weighted by Crippen LogP contribution is 2.22. The van der Waals surface area contributed by atoms with Gasteiger partial charge in [-0.2, -0.15) is 0 Å². The van der Waals surface area contributed by atoms with Crippen molar-refractivity contribution < 1.29 is 9.90 Å². The van der Waals surface area contributed by atoms with Gasteiger partial charge in [-0.1, -0.05) is 12.2 Å². The fourth-order valence-electron chi connectivity index (χ4n) is 2.46. The van der Waals surface area contributed by atoms with Crippen LogP contribution in [0.4, 0.5) is 0 Å². The Morgan fingerprint density at radius 2 is 2.38 bits per heavy atom. The summed E-state index contributed by atoms with van der Waals surface area (Å²) in [6, 6.07) is -0.0575. The average Bonchev–Trinajstić information content (AvgIpc) is 2.88. The number of likely N-dealkylation sites (N-methyl/N-ethyl adjacent to an activating group) is 1. The lowest BCUT2D eigenvalue weighted by molar-refractivity contribution is -0.133. The van der Waals surface area contributed by atoms with Crippen LogP contribution in [0.2, 0.25) is 0 Å². The molecule has 1 saturated heterocycles. The van der Waals surface area contributed by atoms with Crippen LogP contribution >= 0.6 is 0 Å². The number of hydrogen-bond acceptors (Lipinski definition) is 3. The number of hydrogen-bond donors (Lipinski definition) is 2. The Balaban J connectivity index is 1.86. The molecule has 0 bridgehead atoms. The van der Waals surface area contributed by atoms with Gasteiger partial charge in [0.25, 0.3) is 0 Å². The van der Waals surface area contributed by atoms with Crippen LogP contribution in [-0.2, 0) is 4.79 Å². The molecular weight excluding hydrogens is 204 g/mol. The number of amides is 1. The Bertz CT molecular complexity index is 291. The predicted molar refractivity (Wildman–Crippen MR) is 61.9 cm³/mol. The van der Waals surface area contributed by atoms with E-state index in [1.807, 2.05) is 0 Å². The topological polar surface area (TPSA) is 52.6 Å². The third kappa shape index (κ3) is 2.44. The summed E-state index contributed by atoms with van der Waals surface area (Å²) in [5, 5.41) is 12.8. The van der Waals surface area contributed by atoms with E-state index in [9.17, 15) is 9.90 Å². The number of aliphatic hydroxyl groups excluding tert-OH is 1. The van der Waals surface area contributed by atoms with E-state index < -0.39 is 6.10 Å². The number of aliphatic hydroxyl groups is 1. The zero-order valence-corrected chi connectivity index (χ0v) is 9.72. The van der Waals surface area contributed by atoms with Crippen LogP contribution in [0.3, 0.4) is 0 Å². The van der Waals surface area contributed by atoms with Gasteiger partial charge in [0.05, 0.1) is 12.1 Å². The molecule has 4 nitrogen and oxygen atoms in total. The number of allylic oxidation sites excluding steroid dienone is 2. The maximum absolute atomic E-state index is 12.0. The maximum Gasteiger partial charge on any atom is 0.223 e. The summed E-state index contributed by atoms with van der Waals surface area (Å²) in [6.45, 7) is 1.29. The minimum absolute atomic E-state index is 0.0575. The highest BCUT2D eigenvalue weighted by atomic mass is 16.3. The number of β-amino-alcohol motifs (C(OH)–C–C–N with tert-alkyl or cyclic N) is 1. The van der Waals surface area contributed by atoms with Crippen molar-refractivity contribution >= 4 is 5.91 Å². The first kappa shape index (κ1) is 11.6. The van der Waals surface area contributed by atoms with Crippen molar-refractivity contribution in [1.29, 1.82) is 0 Å². The molecular formula is C12H20N2O2. The molecule has 1 heterocycles. The molecule has 2 aliphatic rings. The Kier molecular flexibility index (Phi) is 3.61. The number of carbonyl (C=O) groups excluding carboxylic acids is 1. The molecule has 4 heteroatoms. The maximum atomic E-state index is 12.0. The fourth-order valence-corrected chi connectivity index (χ4v) is 2.46. The van der Waals surface area contributed by atoms with Gasteiger partial charge in [0, 0.05) is 26.6 Å². The minimum atomic E-state index is -0.423. The van der Waals surface area contributed by atoms with Crippen LogP contribution in [-0.4, -0.2) is 48.2 Å². The Labute approximate surface area is 96.3 Å². The van der Waals surface area contributed by atoms with Gasteiger partial charge >= 0.3 is 0 Å². The first-order valence-corrected chi connectivity index (χ1v) is 5.99. The zero-order valence-electron chi connectivity index (χ0n) is 9.72. The van der Waals surface area contributed by atoms with Gasteiger partial charge in [0.2, 0.25) is 5.91 Å². The molecule has 90 valence electrons. The van der Waals surface area contributed by atoms with Crippen LogP contribution < -0.4 is 5.32 Å². The van der Waals surface area contributed by atoms with Crippen molar-refractivity contribution in [2.75, 3.05) is 20.1 Å². The molecule has 16 heavy (non-hydrogen) atoms. The van der Waals surface area contributed by atoms with Crippen LogP contribution in [0.25, 0.3) is 0 Å². The van der Waals surface area contributed by atoms with E-state index in [1.165, 1.54) is 0 Å². The number of nitrogens with one attached hydrogen (secondary N) is 1. The van der Waals surface area contributed by atoms with E-state index in [2.05, 4.69) is 17.5 Å². The first-order chi connectivity index (χ1) is 7.68. The van der Waals surface area contributed by atoms with Gasteiger partial charge in [0.15, 0.2) is 0 Å². The van der Waals surface area contributed by atoms with Gasteiger partial charge in [-0.3, -0.25) is 4.79 Å². The van der Waals surface area contributed by atoms with E-state index in [1.54, 1.807) is 11.9 Å². The highest BCUT2D eigenvalue weighted by Gasteiger charge is 2.31. The lowest BCUT2D eigenvalue weighted by Crippen LogP contribution is -2.44. The summed E-state index contributed by atoms with van der Waals surface area (Å²) in [4.78, 5) is 13.7. The molecule has 1 amide bonds. The fraction of sp³-hybridized carbons (Fsp3) is 0.750. The molecule has 2 rings (SSSR count). The van der Waals surface area contributed by atoms with Crippen LogP contribution in [0.15, 0.2) is 12.2 Å². The van der Waals surface area contributed by atoms with Crippen molar-refractivity contribution in [2.45, 2.75) is 31.4 Å². The zero-order chi connectivity index (χ0) is 11.5. The summed E-state index contributed by atoms with van der Waals surface area (Å²) in [5.41, 5.74) is 0. The molecule has 1 unspecified atom stereocenters. The van der Waals surface area contributed by atoms with Gasteiger partial charge < -0.3 is 15.3 Å². The van der Waals surface area contributed by atoms with Crippen molar-refractivity contribution in [3.8, 4) is 0 Å². The standard InChI is InChI=1S/C12H20N2O2/c1-14(10-7-13-8-11(10)15)12(16)6-9-4-2-3-5-9/h2,4,9-11,13,15H,3,5-8H2,1H3/t9?,10-,11-/m1/s1. The van der Waals surface area contributed by atoms with Crippen molar-refractivity contribution in [1.82, 2.24) is 10.2 Å². The van der Waals surface area contributed by atoms with E-state index in [4.69, 9.17) is 0 Å². The van der Waals surface area contributed by atoms with Crippen molar-refractivity contribution in [3.05, 3.63) is 12.2 Å². The summed E-state index contributed by atoms with van der Waals surface area (Å²) in [7, 11) is 1.79. The number of nitrogens with zero attached hydrogens (tertiary/aromatic N) is 1. The van der Waals surface area contributed by atoms with Gasteiger partial charge in [0.1, 0.15) is 0 Å². The first-order valence-electron chi connectivity index (χ1n) is 5.99. The molecule has 0 aromatic heterocycles. The molecule has 1 aliphatic heterocycles. The van der Waals surface area contributed by atoms with Crippen LogP contribution in [0, 0.1) is 5.92 Å². The molecule has 0 saturated carbocycles. The number of rotatable bonds is 3. The van der Waals surface area contributed by atoms with Gasteiger partial charge in [-0.05, 0) is 18.8 Å². The molecule has 2 N–H and O–H groups in total.